The average Bonchev–Trinajstić information content (AvgIpc) is 3.07. The Kier molecular flexibility index (Phi) is 3.69. The molecule has 2 heterocycles. The van der Waals surface area contributed by atoms with Gasteiger partial charge >= 0.3 is 0 Å². The molecule has 0 spiro atoms. The number of benzene rings is 2. The Morgan fingerprint density at radius 1 is 1.00 bits per heavy atom. The molecule has 4 aromatic rings. The van der Waals surface area contributed by atoms with Crippen LogP contribution in [0.3, 0.4) is 0 Å². The molecule has 0 unspecified atom stereocenters. The first-order valence-electron chi connectivity index (χ1n) is 7.66. The Bertz CT molecular complexity index is 1110. The molecule has 25 heavy (non-hydrogen) atoms. The van der Waals surface area contributed by atoms with Gasteiger partial charge in [-0.2, -0.15) is 0 Å². The first-order chi connectivity index (χ1) is 12.1. The maximum absolute atomic E-state index is 6.34. The molecule has 7 heteroatoms. The number of aryl methyl sites for hydroxylation is 1. The van der Waals surface area contributed by atoms with Crippen LogP contribution in [0.2, 0.25) is 5.02 Å². The summed E-state index contributed by atoms with van der Waals surface area (Å²) in [5.41, 5.74) is 2.26. The molecule has 0 aliphatic heterocycles. The molecule has 2 aromatic heterocycles. The minimum atomic E-state index is 0.614. The molecular weight excluding hydrogens is 340 g/mol. The summed E-state index contributed by atoms with van der Waals surface area (Å²) in [6, 6.07) is 11.2. The van der Waals surface area contributed by atoms with Crippen molar-refractivity contribution in [1.82, 2.24) is 19.6 Å². The number of rotatable bonds is 3. The monoisotopic (exact) mass is 354 g/mol. The van der Waals surface area contributed by atoms with Crippen LogP contribution >= 0.6 is 11.6 Å². The molecule has 0 bridgehead atoms. The van der Waals surface area contributed by atoms with Crippen molar-refractivity contribution in [1.29, 1.82) is 0 Å². The highest BCUT2D eigenvalue weighted by atomic mass is 35.5. The van der Waals surface area contributed by atoms with E-state index in [2.05, 4.69) is 15.2 Å². The van der Waals surface area contributed by atoms with Crippen LogP contribution < -0.4 is 9.47 Å². The van der Waals surface area contributed by atoms with Gasteiger partial charge in [0.1, 0.15) is 5.82 Å². The zero-order chi connectivity index (χ0) is 17.6. The molecular formula is C18H15ClN4O2. The van der Waals surface area contributed by atoms with Gasteiger partial charge in [-0.1, -0.05) is 23.7 Å². The van der Waals surface area contributed by atoms with Gasteiger partial charge in [0.15, 0.2) is 23.0 Å². The number of methoxy groups -OCH3 is 2. The molecule has 0 saturated heterocycles. The first kappa shape index (κ1) is 15.7. The fourth-order valence-electron chi connectivity index (χ4n) is 2.95. The van der Waals surface area contributed by atoms with E-state index in [0.29, 0.717) is 28.0 Å². The van der Waals surface area contributed by atoms with Gasteiger partial charge in [-0.25, -0.2) is 4.98 Å². The Morgan fingerprint density at radius 2 is 1.72 bits per heavy atom. The normalized spacial score (nSPS) is 11.2. The van der Waals surface area contributed by atoms with Crippen molar-refractivity contribution in [3.8, 4) is 22.9 Å². The Labute approximate surface area is 149 Å². The second-order valence-electron chi connectivity index (χ2n) is 5.55. The van der Waals surface area contributed by atoms with Crippen molar-refractivity contribution in [2.75, 3.05) is 14.2 Å². The summed E-state index contributed by atoms with van der Waals surface area (Å²) in [4.78, 5) is 4.68. The van der Waals surface area contributed by atoms with Crippen molar-refractivity contribution in [3.63, 3.8) is 0 Å². The Hall–Kier alpha value is -2.86. The molecule has 2 aromatic carbocycles. The summed E-state index contributed by atoms with van der Waals surface area (Å²) in [7, 11) is 3.20. The summed E-state index contributed by atoms with van der Waals surface area (Å²) in [6.45, 7) is 1.91. The predicted molar refractivity (Wildman–Crippen MR) is 96.6 cm³/mol. The van der Waals surface area contributed by atoms with Crippen LogP contribution in [-0.4, -0.2) is 33.8 Å². The van der Waals surface area contributed by atoms with Crippen LogP contribution in [0, 0.1) is 6.92 Å². The highest BCUT2D eigenvalue weighted by Crippen LogP contribution is 2.34. The molecule has 126 valence electrons. The molecule has 0 fully saturated rings. The first-order valence-corrected chi connectivity index (χ1v) is 8.04. The number of hydrogen-bond acceptors (Lipinski definition) is 5. The van der Waals surface area contributed by atoms with Gasteiger partial charge in [-0.3, -0.25) is 4.40 Å². The van der Waals surface area contributed by atoms with Crippen molar-refractivity contribution in [3.05, 3.63) is 47.2 Å². The van der Waals surface area contributed by atoms with Gasteiger partial charge in [0, 0.05) is 17.0 Å². The third-order valence-electron chi connectivity index (χ3n) is 4.13. The highest BCUT2D eigenvalue weighted by molar-refractivity contribution is 6.33. The highest BCUT2D eigenvalue weighted by Gasteiger charge is 2.18. The number of halogens is 1. The fourth-order valence-corrected chi connectivity index (χ4v) is 3.17. The van der Waals surface area contributed by atoms with Crippen LogP contribution in [0.1, 0.15) is 5.82 Å². The number of fused-ring (bicyclic) bond motifs is 3. The summed E-state index contributed by atoms with van der Waals surface area (Å²) in [6.07, 6.45) is 0. The zero-order valence-electron chi connectivity index (χ0n) is 13.9. The smallest absolute Gasteiger partial charge is 0.172 e. The molecule has 0 aliphatic carbocycles. The van der Waals surface area contributed by atoms with Gasteiger partial charge in [0.05, 0.1) is 24.8 Å². The third-order valence-corrected chi connectivity index (χ3v) is 4.46. The lowest BCUT2D eigenvalue weighted by molar-refractivity contribution is 0.356. The molecule has 4 rings (SSSR count). The van der Waals surface area contributed by atoms with Crippen molar-refractivity contribution >= 4 is 28.2 Å². The topological polar surface area (TPSA) is 61.5 Å². The molecule has 0 saturated carbocycles. The number of nitrogens with zero attached hydrogens (tertiary/aromatic N) is 4. The van der Waals surface area contributed by atoms with E-state index in [-0.39, 0.29) is 0 Å². The summed E-state index contributed by atoms with van der Waals surface area (Å²) >= 11 is 6.34. The Balaban J connectivity index is 2.08. The van der Waals surface area contributed by atoms with Crippen molar-refractivity contribution < 1.29 is 9.47 Å². The Morgan fingerprint density at radius 3 is 2.44 bits per heavy atom. The standard InChI is InChI=1S/C18H15ClN4O2/c1-10-20-14-9-16(25-3)15(24-2)8-12(14)18-22-21-17(23(10)18)11-6-4-5-7-13(11)19/h4-9H,1-3H3. The minimum absolute atomic E-state index is 0.614. The zero-order valence-corrected chi connectivity index (χ0v) is 14.7. The molecule has 0 amide bonds. The molecule has 0 N–H and O–H groups in total. The molecule has 0 aliphatic rings. The van der Waals surface area contributed by atoms with Crippen LogP contribution in [-0.2, 0) is 0 Å². The van der Waals surface area contributed by atoms with E-state index < -0.39 is 0 Å². The van der Waals surface area contributed by atoms with Crippen LogP contribution in [0.5, 0.6) is 11.5 Å². The molecule has 0 atom stereocenters. The lowest BCUT2D eigenvalue weighted by Crippen LogP contribution is -2.00. The van der Waals surface area contributed by atoms with E-state index in [9.17, 15) is 0 Å². The van der Waals surface area contributed by atoms with Crippen LogP contribution in [0.4, 0.5) is 0 Å². The summed E-state index contributed by atoms with van der Waals surface area (Å²) in [5, 5.41) is 10.2. The number of ether oxygens (including phenoxy) is 2. The largest absolute Gasteiger partial charge is 0.493 e. The quantitative estimate of drug-likeness (QED) is 0.558. The average molecular weight is 355 g/mol. The van der Waals surface area contributed by atoms with Crippen molar-refractivity contribution in [2.24, 2.45) is 0 Å². The predicted octanol–water partition coefficient (Wildman–Crippen LogP) is 3.92. The number of aromatic nitrogens is 4. The van der Waals surface area contributed by atoms with Gasteiger partial charge < -0.3 is 9.47 Å². The summed E-state index contributed by atoms with van der Waals surface area (Å²) < 4.78 is 12.7. The lowest BCUT2D eigenvalue weighted by atomic mass is 10.2. The van der Waals surface area contributed by atoms with Crippen molar-refractivity contribution in [2.45, 2.75) is 6.92 Å². The van der Waals surface area contributed by atoms with E-state index in [4.69, 9.17) is 21.1 Å². The third kappa shape index (κ3) is 2.37. The van der Waals surface area contributed by atoms with E-state index >= 15 is 0 Å². The van der Waals surface area contributed by atoms with Gasteiger partial charge in [0.25, 0.3) is 0 Å². The summed E-state index contributed by atoms with van der Waals surface area (Å²) in [5.74, 6) is 2.65. The van der Waals surface area contributed by atoms with Gasteiger partial charge in [-0.15, -0.1) is 10.2 Å². The minimum Gasteiger partial charge on any atom is -0.493 e. The van der Waals surface area contributed by atoms with E-state index in [1.807, 2.05) is 47.7 Å². The molecule has 0 radical (unpaired) electrons. The molecule has 6 nitrogen and oxygen atoms in total. The van der Waals surface area contributed by atoms with Gasteiger partial charge in [0.2, 0.25) is 0 Å². The fraction of sp³-hybridized carbons (Fsp3) is 0.167. The SMILES string of the molecule is COc1cc2nc(C)n3c(-c4ccccc4Cl)nnc3c2cc1OC. The maximum atomic E-state index is 6.34. The van der Waals surface area contributed by atoms with E-state index in [1.165, 1.54) is 0 Å². The lowest BCUT2D eigenvalue weighted by Gasteiger charge is -2.11. The maximum Gasteiger partial charge on any atom is 0.172 e. The van der Waals surface area contributed by atoms with E-state index in [1.54, 1.807) is 14.2 Å². The second kappa shape index (κ2) is 5.89. The van der Waals surface area contributed by atoms with E-state index in [0.717, 1.165) is 22.3 Å². The van der Waals surface area contributed by atoms with Crippen LogP contribution in [0.25, 0.3) is 27.9 Å². The van der Waals surface area contributed by atoms with Gasteiger partial charge in [-0.05, 0) is 25.1 Å². The van der Waals surface area contributed by atoms with Crippen LogP contribution in [0.15, 0.2) is 36.4 Å². The number of hydrogen-bond donors (Lipinski definition) is 0. The second-order valence-corrected chi connectivity index (χ2v) is 5.95.